The van der Waals surface area contributed by atoms with E-state index in [1.54, 1.807) is 0 Å². The highest BCUT2D eigenvalue weighted by Gasteiger charge is 2.34. The van der Waals surface area contributed by atoms with Gasteiger partial charge in [0.25, 0.3) is 0 Å². The number of hydrogen-bond acceptors (Lipinski definition) is 3. The fourth-order valence-electron chi connectivity index (χ4n) is 7.28. The normalized spacial score (nSPS) is 16.8. The fraction of sp³-hybridized carbons (Fsp3) is 0.787. The first-order chi connectivity index (χ1) is 24.8. The highest BCUT2D eigenvalue weighted by atomic mass is 16.5. The number of likely N-dealkylation sites (tertiary alicyclic amines) is 1. The van der Waals surface area contributed by atoms with Crippen LogP contribution in [0.15, 0.2) is 54.6 Å². The van der Waals surface area contributed by atoms with Gasteiger partial charge in [-0.3, -0.25) is 4.90 Å². The highest BCUT2D eigenvalue weighted by Crippen LogP contribution is 2.21. The lowest BCUT2D eigenvalue weighted by Gasteiger charge is -2.19. The van der Waals surface area contributed by atoms with Crippen LogP contribution in [0.4, 0.5) is 0 Å². The summed E-state index contributed by atoms with van der Waals surface area (Å²) in [5.74, 6) is 0. The molecular formula is C47H83NO2. The highest BCUT2D eigenvalue weighted by molar-refractivity contribution is 5.14. The Bertz CT molecular complexity index is 830. The summed E-state index contributed by atoms with van der Waals surface area (Å²) in [6.07, 6.45) is 47.8. The molecule has 0 bridgehead atoms. The van der Waals surface area contributed by atoms with Crippen LogP contribution in [0.5, 0.6) is 0 Å². The SMILES string of the molecule is CCCCCCCCCCCC=CCCCCCO[C@@H]1CN(Cc2ccccc2)C[C@H]1OCCCCCC=CCCCCCCCCCCC. The van der Waals surface area contributed by atoms with Gasteiger partial charge in [-0.15, -0.1) is 0 Å². The molecule has 2 rings (SSSR count). The number of unbranched alkanes of at least 4 members (excludes halogenated alkanes) is 24. The van der Waals surface area contributed by atoms with Gasteiger partial charge in [-0.05, 0) is 69.8 Å². The van der Waals surface area contributed by atoms with Gasteiger partial charge in [0.15, 0.2) is 0 Å². The molecule has 1 saturated heterocycles. The molecule has 0 saturated carbocycles. The first-order valence-corrected chi connectivity index (χ1v) is 22.1. The molecule has 0 aromatic heterocycles. The van der Waals surface area contributed by atoms with E-state index < -0.39 is 0 Å². The maximum atomic E-state index is 6.49. The molecule has 1 aromatic carbocycles. The number of allylic oxidation sites excluding steroid dienone is 4. The van der Waals surface area contributed by atoms with Gasteiger partial charge in [-0.1, -0.05) is 184 Å². The second-order valence-corrected chi connectivity index (χ2v) is 15.4. The first kappa shape index (κ1) is 44.7. The van der Waals surface area contributed by atoms with E-state index in [1.165, 1.54) is 173 Å². The largest absolute Gasteiger partial charge is 0.374 e. The molecule has 288 valence electrons. The summed E-state index contributed by atoms with van der Waals surface area (Å²) in [6, 6.07) is 10.9. The zero-order chi connectivity index (χ0) is 35.4. The number of ether oxygens (including phenoxy) is 2. The van der Waals surface area contributed by atoms with Gasteiger partial charge >= 0.3 is 0 Å². The summed E-state index contributed by atoms with van der Waals surface area (Å²) < 4.78 is 13.0. The Morgan fingerprint density at radius 3 is 1.18 bits per heavy atom. The molecule has 0 aliphatic carbocycles. The van der Waals surface area contributed by atoms with E-state index in [1.807, 2.05) is 0 Å². The lowest BCUT2D eigenvalue weighted by atomic mass is 10.1. The van der Waals surface area contributed by atoms with E-state index in [-0.39, 0.29) is 12.2 Å². The second kappa shape index (κ2) is 34.7. The third kappa shape index (κ3) is 26.4. The topological polar surface area (TPSA) is 21.7 Å². The molecule has 3 heteroatoms. The minimum Gasteiger partial charge on any atom is -0.374 e. The van der Waals surface area contributed by atoms with E-state index in [0.29, 0.717) is 0 Å². The van der Waals surface area contributed by atoms with Crippen molar-refractivity contribution in [1.82, 2.24) is 4.90 Å². The second-order valence-electron chi connectivity index (χ2n) is 15.4. The first-order valence-electron chi connectivity index (χ1n) is 22.1. The van der Waals surface area contributed by atoms with Crippen molar-refractivity contribution in [3.63, 3.8) is 0 Å². The Morgan fingerprint density at radius 1 is 0.460 bits per heavy atom. The van der Waals surface area contributed by atoms with Gasteiger partial charge in [0, 0.05) is 32.8 Å². The van der Waals surface area contributed by atoms with Crippen LogP contribution in [0.1, 0.15) is 199 Å². The van der Waals surface area contributed by atoms with Crippen LogP contribution in [-0.4, -0.2) is 43.4 Å². The minimum atomic E-state index is 0.193. The Morgan fingerprint density at radius 2 is 0.800 bits per heavy atom. The predicted molar refractivity (Wildman–Crippen MR) is 220 cm³/mol. The molecule has 2 atom stereocenters. The number of rotatable bonds is 36. The molecule has 0 N–H and O–H groups in total. The molecule has 1 heterocycles. The molecule has 3 nitrogen and oxygen atoms in total. The summed E-state index contributed by atoms with van der Waals surface area (Å²) in [5.41, 5.74) is 1.38. The van der Waals surface area contributed by atoms with Crippen molar-refractivity contribution in [2.45, 2.75) is 212 Å². The van der Waals surface area contributed by atoms with Gasteiger partial charge in [0.1, 0.15) is 0 Å². The van der Waals surface area contributed by atoms with E-state index >= 15 is 0 Å². The molecule has 1 aliphatic heterocycles. The molecule has 50 heavy (non-hydrogen) atoms. The van der Waals surface area contributed by atoms with Crippen LogP contribution in [0.3, 0.4) is 0 Å². The fourth-order valence-corrected chi connectivity index (χ4v) is 7.28. The minimum absolute atomic E-state index is 0.193. The summed E-state index contributed by atoms with van der Waals surface area (Å²) in [5, 5.41) is 0. The molecule has 0 radical (unpaired) electrons. The third-order valence-corrected chi connectivity index (χ3v) is 10.5. The lowest BCUT2D eigenvalue weighted by molar-refractivity contribution is -0.0481. The monoisotopic (exact) mass is 694 g/mol. The smallest absolute Gasteiger partial charge is 0.0975 e. The van der Waals surface area contributed by atoms with Gasteiger partial charge in [-0.2, -0.15) is 0 Å². The molecule has 1 fully saturated rings. The molecule has 0 unspecified atom stereocenters. The van der Waals surface area contributed by atoms with Crippen LogP contribution in [0.2, 0.25) is 0 Å². The van der Waals surface area contributed by atoms with E-state index in [2.05, 4.69) is 73.4 Å². The molecule has 1 aromatic rings. The van der Waals surface area contributed by atoms with Crippen LogP contribution in [-0.2, 0) is 16.0 Å². The van der Waals surface area contributed by atoms with Gasteiger partial charge < -0.3 is 9.47 Å². The van der Waals surface area contributed by atoms with Crippen molar-refractivity contribution in [2.24, 2.45) is 0 Å². The van der Waals surface area contributed by atoms with Crippen molar-refractivity contribution in [2.75, 3.05) is 26.3 Å². The lowest BCUT2D eigenvalue weighted by Crippen LogP contribution is -2.30. The number of nitrogens with zero attached hydrogens (tertiary/aromatic N) is 1. The Labute approximate surface area is 312 Å². The van der Waals surface area contributed by atoms with Crippen LogP contribution >= 0.6 is 0 Å². The van der Waals surface area contributed by atoms with Crippen LogP contribution < -0.4 is 0 Å². The summed E-state index contributed by atoms with van der Waals surface area (Å²) in [6.45, 7) is 9.25. The molecule has 0 spiro atoms. The zero-order valence-electron chi connectivity index (χ0n) is 33.4. The maximum Gasteiger partial charge on any atom is 0.0975 e. The van der Waals surface area contributed by atoms with Crippen molar-refractivity contribution >= 4 is 0 Å². The molecule has 1 aliphatic rings. The van der Waals surface area contributed by atoms with E-state index in [0.717, 1.165) is 45.7 Å². The predicted octanol–water partition coefficient (Wildman–Crippen LogP) is 14.3. The van der Waals surface area contributed by atoms with Crippen LogP contribution in [0.25, 0.3) is 0 Å². The molecule has 0 amide bonds. The quantitative estimate of drug-likeness (QED) is 0.0516. The Kier molecular flexibility index (Phi) is 31.0. The van der Waals surface area contributed by atoms with Gasteiger partial charge in [0.05, 0.1) is 12.2 Å². The average molecular weight is 694 g/mol. The zero-order valence-corrected chi connectivity index (χ0v) is 33.4. The summed E-state index contributed by atoms with van der Waals surface area (Å²) >= 11 is 0. The summed E-state index contributed by atoms with van der Waals surface area (Å²) in [4.78, 5) is 2.53. The van der Waals surface area contributed by atoms with Gasteiger partial charge in [0.2, 0.25) is 0 Å². The Hall–Kier alpha value is -1.42. The standard InChI is InChI=1S/C47H83NO2/c1-3-5-7-9-11-13-15-17-19-21-23-25-27-29-31-36-40-49-46-43-48(42-45-38-34-33-35-39-45)44-47(46)50-41-37-32-30-28-26-24-22-20-18-16-14-12-10-8-6-4-2/h23-26,33-35,38-39,46-47H,3-22,27-32,36-37,40-44H2,1-2H3/t46-,47-/m1/s1. The van der Waals surface area contributed by atoms with Crippen LogP contribution in [0, 0.1) is 0 Å². The van der Waals surface area contributed by atoms with E-state index in [9.17, 15) is 0 Å². The number of benzene rings is 1. The molecular weight excluding hydrogens is 611 g/mol. The van der Waals surface area contributed by atoms with Crippen molar-refractivity contribution in [3.05, 3.63) is 60.2 Å². The van der Waals surface area contributed by atoms with Crippen molar-refractivity contribution < 1.29 is 9.47 Å². The van der Waals surface area contributed by atoms with E-state index in [4.69, 9.17) is 9.47 Å². The summed E-state index contributed by atoms with van der Waals surface area (Å²) in [7, 11) is 0. The maximum absolute atomic E-state index is 6.49. The average Bonchev–Trinajstić information content (AvgIpc) is 3.51. The van der Waals surface area contributed by atoms with Crippen molar-refractivity contribution in [3.8, 4) is 0 Å². The van der Waals surface area contributed by atoms with Gasteiger partial charge in [-0.25, -0.2) is 0 Å². The third-order valence-electron chi connectivity index (χ3n) is 10.5. The van der Waals surface area contributed by atoms with Crippen molar-refractivity contribution in [1.29, 1.82) is 0 Å². The number of hydrogen-bond donors (Lipinski definition) is 0. The Balaban J connectivity index is 1.50.